The Balaban J connectivity index is 1.40. The Hall–Kier alpha value is -2.77. The number of hydrogen-bond acceptors (Lipinski definition) is 7. The first-order chi connectivity index (χ1) is 12.4. The first-order valence-corrected chi connectivity index (χ1v) is 8.92. The van der Waals surface area contributed by atoms with E-state index in [-0.39, 0.29) is 5.41 Å². The van der Waals surface area contributed by atoms with Crippen molar-refractivity contribution in [1.82, 2.24) is 30.0 Å². The van der Waals surface area contributed by atoms with Crippen molar-refractivity contribution in [2.45, 2.75) is 33.1 Å². The molecule has 0 radical (unpaired) electrons. The van der Waals surface area contributed by atoms with Crippen LogP contribution in [0.1, 0.15) is 32.3 Å². The third-order valence-corrected chi connectivity index (χ3v) is 4.57. The van der Waals surface area contributed by atoms with Gasteiger partial charge in [-0.3, -0.25) is 0 Å². The van der Waals surface area contributed by atoms with Gasteiger partial charge in [0, 0.05) is 31.0 Å². The molecule has 26 heavy (non-hydrogen) atoms. The van der Waals surface area contributed by atoms with Gasteiger partial charge in [-0.25, -0.2) is 0 Å². The molecular weight excluding hydrogens is 328 g/mol. The van der Waals surface area contributed by atoms with Gasteiger partial charge in [-0.1, -0.05) is 20.8 Å². The third-order valence-electron chi connectivity index (χ3n) is 4.57. The van der Waals surface area contributed by atoms with E-state index in [4.69, 9.17) is 5.10 Å². The van der Waals surface area contributed by atoms with Crippen molar-refractivity contribution in [1.29, 1.82) is 0 Å². The van der Waals surface area contributed by atoms with E-state index in [1.165, 1.54) is 0 Å². The quantitative estimate of drug-likeness (QED) is 0.769. The Morgan fingerprint density at radius 3 is 2.54 bits per heavy atom. The number of nitrogens with one attached hydrogen (secondary N) is 1. The normalized spacial score (nSPS) is 15.3. The van der Waals surface area contributed by atoms with Crippen molar-refractivity contribution >= 4 is 17.3 Å². The summed E-state index contributed by atoms with van der Waals surface area (Å²) in [5.74, 6) is 3.24. The van der Waals surface area contributed by atoms with Crippen molar-refractivity contribution in [3.8, 4) is 0 Å². The number of aryl methyl sites for hydroxylation is 1. The van der Waals surface area contributed by atoms with Crippen molar-refractivity contribution < 1.29 is 0 Å². The summed E-state index contributed by atoms with van der Waals surface area (Å²) in [6.07, 6.45) is 0. The van der Waals surface area contributed by atoms with Gasteiger partial charge in [0.1, 0.15) is 11.6 Å². The Labute approximate surface area is 152 Å². The highest BCUT2D eigenvalue weighted by Gasteiger charge is 2.29. The largest absolute Gasteiger partial charge is 0.368 e. The van der Waals surface area contributed by atoms with Crippen molar-refractivity contribution in [2.24, 2.45) is 5.92 Å². The van der Waals surface area contributed by atoms with Gasteiger partial charge in [-0.2, -0.15) is 9.61 Å². The maximum atomic E-state index is 4.76. The summed E-state index contributed by atoms with van der Waals surface area (Å²) < 4.78 is 1.86. The van der Waals surface area contributed by atoms with Crippen LogP contribution in [0, 0.1) is 12.8 Å². The molecule has 8 nitrogen and oxygen atoms in total. The van der Waals surface area contributed by atoms with E-state index in [0.717, 1.165) is 48.4 Å². The maximum absolute atomic E-state index is 4.76. The third kappa shape index (κ3) is 3.18. The molecule has 0 aliphatic carbocycles. The van der Waals surface area contributed by atoms with E-state index in [9.17, 15) is 0 Å². The number of hydrogen-bond donors (Lipinski definition) is 1. The summed E-state index contributed by atoms with van der Waals surface area (Å²) in [5.41, 5.74) is 1.62. The molecule has 3 aromatic heterocycles. The van der Waals surface area contributed by atoms with E-state index < -0.39 is 0 Å². The number of nitrogens with zero attached hydrogens (tertiary/aromatic N) is 7. The Morgan fingerprint density at radius 1 is 1.04 bits per heavy atom. The predicted molar refractivity (Wildman–Crippen MR) is 100 cm³/mol. The van der Waals surface area contributed by atoms with Gasteiger partial charge in [-0.15, -0.1) is 20.4 Å². The fraction of sp³-hybridized carbons (Fsp3) is 0.500. The molecule has 1 aliphatic rings. The summed E-state index contributed by atoms with van der Waals surface area (Å²) in [6.45, 7) is 11.1. The summed E-state index contributed by atoms with van der Waals surface area (Å²) in [7, 11) is 0. The van der Waals surface area contributed by atoms with Crippen LogP contribution in [0.5, 0.6) is 0 Å². The second-order valence-electron chi connectivity index (χ2n) is 7.95. The fourth-order valence-electron chi connectivity index (χ4n) is 3.04. The second kappa shape index (κ2) is 6.19. The molecule has 0 unspecified atom stereocenters. The number of anilines is 2. The molecule has 0 atom stereocenters. The minimum Gasteiger partial charge on any atom is -0.368 e. The van der Waals surface area contributed by atoms with Crippen LogP contribution >= 0.6 is 0 Å². The lowest BCUT2D eigenvalue weighted by Gasteiger charge is -2.40. The maximum Gasteiger partial charge on any atom is 0.178 e. The van der Waals surface area contributed by atoms with Crippen LogP contribution in [0.25, 0.3) is 5.65 Å². The van der Waals surface area contributed by atoms with E-state index in [0.29, 0.717) is 5.92 Å². The van der Waals surface area contributed by atoms with Crippen LogP contribution in [-0.4, -0.2) is 49.6 Å². The van der Waals surface area contributed by atoms with Gasteiger partial charge < -0.3 is 10.2 Å². The van der Waals surface area contributed by atoms with Gasteiger partial charge in [0.2, 0.25) is 0 Å². The monoisotopic (exact) mass is 352 g/mol. The van der Waals surface area contributed by atoms with Crippen LogP contribution in [0.4, 0.5) is 11.6 Å². The molecule has 0 spiro atoms. The van der Waals surface area contributed by atoms with Gasteiger partial charge in [0.15, 0.2) is 11.5 Å². The standard InChI is InChI=1S/C18H24N8/c1-12-5-6-14(21-20-12)19-9-13-10-25(11-13)16-8-7-15-22-23-17(18(2,3)4)26(15)24-16/h5-8,13H,9-11H2,1-4H3,(H,19,21). The molecule has 0 aromatic carbocycles. The van der Waals surface area contributed by atoms with Crippen molar-refractivity contribution in [3.63, 3.8) is 0 Å². The minimum absolute atomic E-state index is 0.0957. The summed E-state index contributed by atoms with van der Waals surface area (Å²) >= 11 is 0. The minimum atomic E-state index is -0.0957. The van der Waals surface area contributed by atoms with E-state index >= 15 is 0 Å². The molecule has 0 bridgehead atoms. The molecule has 8 heteroatoms. The van der Waals surface area contributed by atoms with Gasteiger partial charge in [0.25, 0.3) is 0 Å². The topological polar surface area (TPSA) is 84.1 Å². The fourth-order valence-corrected chi connectivity index (χ4v) is 3.04. The summed E-state index contributed by atoms with van der Waals surface area (Å²) in [4.78, 5) is 2.28. The molecule has 1 saturated heterocycles. The predicted octanol–water partition coefficient (Wildman–Crippen LogP) is 2.07. The molecular formula is C18H24N8. The average molecular weight is 352 g/mol. The molecule has 3 aromatic rings. The van der Waals surface area contributed by atoms with E-state index in [2.05, 4.69) is 51.4 Å². The first-order valence-electron chi connectivity index (χ1n) is 8.92. The van der Waals surface area contributed by atoms with Crippen molar-refractivity contribution in [2.75, 3.05) is 29.9 Å². The second-order valence-corrected chi connectivity index (χ2v) is 7.95. The number of fused-ring (bicyclic) bond motifs is 1. The molecule has 1 fully saturated rings. The first kappa shape index (κ1) is 16.7. The highest BCUT2D eigenvalue weighted by molar-refractivity contribution is 5.48. The lowest BCUT2D eigenvalue weighted by molar-refractivity contribution is 0.423. The van der Waals surface area contributed by atoms with Crippen molar-refractivity contribution in [3.05, 3.63) is 35.8 Å². The number of rotatable bonds is 4. The zero-order valence-corrected chi connectivity index (χ0v) is 15.6. The zero-order valence-electron chi connectivity index (χ0n) is 15.6. The zero-order chi connectivity index (χ0) is 18.3. The molecule has 136 valence electrons. The Bertz CT molecular complexity index is 903. The Morgan fingerprint density at radius 2 is 1.85 bits per heavy atom. The van der Waals surface area contributed by atoms with E-state index in [1.54, 1.807) is 0 Å². The Kier molecular flexibility index (Phi) is 3.97. The highest BCUT2D eigenvalue weighted by Crippen LogP contribution is 2.25. The molecule has 0 saturated carbocycles. The number of aromatic nitrogens is 6. The molecule has 1 N–H and O–H groups in total. The van der Waals surface area contributed by atoms with Crippen LogP contribution in [0.3, 0.4) is 0 Å². The van der Waals surface area contributed by atoms with Crippen LogP contribution < -0.4 is 10.2 Å². The van der Waals surface area contributed by atoms with Crippen LogP contribution in [0.15, 0.2) is 24.3 Å². The summed E-state index contributed by atoms with van der Waals surface area (Å²) in [5, 5.41) is 24.9. The summed E-state index contributed by atoms with van der Waals surface area (Å²) in [6, 6.07) is 7.94. The molecule has 4 heterocycles. The molecule has 0 amide bonds. The average Bonchev–Trinajstić information content (AvgIpc) is 2.98. The van der Waals surface area contributed by atoms with Crippen LogP contribution in [-0.2, 0) is 5.41 Å². The van der Waals surface area contributed by atoms with Gasteiger partial charge >= 0.3 is 0 Å². The van der Waals surface area contributed by atoms with Crippen LogP contribution in [0.2, 0.25) is 0 Å². The smallest absolute Gasteiger partial charge is 0.178 e. The van der Waals surface area contributed by atoms with Gasteiger partial charge in [0.05, 0.1) is 5.69 Å². The lowest BCUT2D eigenvalue weighted by atomic mass is 9.96. The molecule has 1 aliphatic heterocycles. The van der Waals surface area contributed by atoms with E-state index in [1.807, 2.05) is 35.7 Å². The van der Waals surface area contributed by atoms with Gasteiger partial charge in [-0.05, 0) is 31.2 Å². The SMILES string of the molecule is Cc1ccc(NCC2CN(c3ccc4nnc(C(C)(C)C)n4n3)C2)nn1. The molecule has 4 rings (SSSR count). The lowest BCUT2D eigenvalue weighted by Crippen LogP contribution is -2.50. The highest BCUT2D eigenvalue weighted by atomic mass is 15.4.